The van der Waals surface area contributed by atoms with Crippen molar-refractivity contribution in [2.45, 2.75) is 4.90 Å². The molecule has 4 nitrogen and oxygen atoms in total. The first kappa shape index (κ1) is 10.8. The van der Waals surface area contributed by atoms with E-state index in [-0.39, 0.29) is 4.90 Å². The maximum absolute atomic E-state index is 11.1. The van der Waals surface area contributed by atoms with Gasteiger partial charge in [-0.15, -0.1) is 0 Å². The third-order valence-electron chi connectivity index (χ3n) is 1.96. The van der Waals surface area contributed by atoms with Gasteiger partial charge in [0.25, 0.3) is 10.1 Å². The smallest absolute Gasteiger partial charge is 0.282 e. The van der Waals surface area contributed by atoms with Crippen LogP contribution in [0.25, 0.3) is 10.9 Å². The molecule has 78 valence electrons. The van der Waals surface area contributed by atoms with E-state index in [1.807, 2.05) is 0 Å². The van der Waals surface area contributed by atoms with Crippen molar-refractivity contribution in [1.82, 2.24) is 4.98 Å². The molecule has 0 amide bonds. The van der Waals surface area contributed by atoms with E-state index < -0.39 is 10.1 Å². The third kappa shape index (κ3) is 1.97. The van der Waals surface area contributed by atoms with Crippen LogP contribution >= 0.6 is 22.6 Å². The number of hydrogen-bond donors (Lipinski definition) is 1. The summed E-state index contributed by atoms with van der Waals surface area (Å²) in [5, 5.41) is 0.716. The van der Waals surface area contributed by atoms with Crippen molar-refractivity contribution in [3.63, 3.8) is 0 Å². The van der Waals surface area contributed by atoms with Gasteiger partial charge in [-0.1, -0.05) is 6.07 Å². The molecule has 0 radical (unpaired) electrons. The van der Waals surface area contributed by atoms with Gasteiger partial charge in [0.15, 0.2) is 0 Å². The molecule has 2 rings (SSSR count). The van der Waals surface area contributed by atoms with E-state index in [2.05, 4.69) is 27.6 Å². The van der Waals surface area contributed by atoms with Crippen LogP contribution in [0.15, 0.2) is 35.4 Å². The van der Waals surface area contributed by atoms with Crippen LogP contribution in [0.2, 0.25) is 0 Å². The quantitative estimate of drug-likeness (QED) is 0.640. The zero-order valence-electron chi connectivity index (χ0n) is 7.38. The fraction of sp³-hybridized carbons (Fsp3) is 0. The molecule has 15 heavy (non-hydrogen) atoms. The highest BCUT2D eigenvalue weighted by molar-refractivity contribution is 14.1. The molecule has 0 atom stereocenters. The normalized spacial score (nSPS) is 11.9. The Labute approximate surface area is 100 Å². The van der Waals surface area contributed by atoms with Gasteiger partial charge in [-0.25, -0.2) is 0 Å². The van der Waals surface area contributed by atoms with Crippen LogP contribution in [-0.4, -0.2) is 18.0 Å². The van der Waals surface area contributed by atoms with Crippen LogP contribution in [0.1, 0.15) is 0 Å². The Morgan fingerprint density at radius 2 is 2.00 bits per heavy atom. The van der Waals surface area contributed by atoms with E-state index in [0.717, 1.165) is 3.57 Å². The molecule has 0 saturated carbocycles. The molecule has 2 aromatic rings. The highest BCUT2D eigenvalue weighted by Gasteiger charge is 2.15. The second kappa shape index (κ2) is 3.69. The molecule has 1 N–H and O–H groups in total. The Morgan fingerprint density at radius 1 is 1.27 bits per heavy atom. The molecule has 0 spiro atoms. The number of hydrogen-bond acceptors (Lipinski definition) is 3. The lowest BCUT2D eigenvalue weighted by molar-refractivity contribution is 0.484. The first-order chi connectivity index (χ1) is 7.00. The Hall–Kier alpha value is -0.730. The summed E-state index contributed by atoms with van der Waals surface area (Å²) in [4.78, 5) is 3.81. The SMILES string of the molecule is O=S(=O)(O)c1ccc(I)c2cccnc12. The fourth-order valence-electron chi connectivity index (χ4n) is 1.32. The third-order valence-corrected chi connectivity index (χ3v) is 3.78. The first-order valence-corrected chi connectivity index (χ1v) is 6.53. The summed E-state index contributed by atoms with van der Waals surface area (Å²) < 4.78 is 32.0. The topological polar surface area (TPSA) is 67.3 Å². The maximum atomic E-state index is 11.1. The number of nitrogens with zero attached hydrogens (tertiary/aromatic N) is 1. The molecular weight excluding hydrogens is 329 g/mol. The summed E-state index contributed by atoms with van der Waals surface area (Å²) in [5.41, 5.74) is 0.298. The van der Waals surface area contributed by atoms with Gasteiger partial charge in [0.1, 0.15) is 4.90 Å². The number of benzene rings is 1. The van der Waals surface area contributed by atoms with E-state index in [1.165, 1.54) is 12.3 Å². The minimum atomic E-state index is -4.21. The summed E-state index contributed by atoms with van der Waals surface area (Å²) in [6.07, 6.45) is 1.49. The van der Waals surface area contributed by atoms with Gasteiger partial charge in [-0.2, -0.15) is 8.42 Å². The van der Waals surface area contributed by atoms with Gasteiger partial charge >= 0.3 is 0 Å². The van der Waals surface area contributed by atoms with Crippen molar-refractivity contribution >= 4 is 43.6 Å². The van der Waals surface area contributed by atoms with E-state index in [4.69, 9.17) is 4.55 Å². The van der Waals surface area contributed by atoms with Crippen molar-refractivity contribution in [2.75, 3.05) is 0 Å². The van der Waals surface area contributed by atoms with Gasteiger partial charge in [0.2, 0.25) is 0 Å². The molecule has 1 heterocycles. The van der Waals surface area contributed by atoms with Gasteiger partial charge in [0.05, 0.1) is 5.52 Å². The lowest BCUT2D eigenvalue weighted by atomic mass is 10.2. The molecule has 0 unspecified atom stereocenters. The Morgan fingerprint density at radius 3 is 2.67 bits per heavy atom. The summed E-state index contributed by atoms with van der Waals surface area (Å²) in [6.45, 7) is 0. The average Bonchev–Trinajstić information content (AvgIpc) is 2.17. The highest BCUT2D eigenvalue weighted by atomic mass is 127. The van der Waals surface area contributed by atoms with E-state index in [0.29, 0.717) is 10.9 Å². The van der Waals surface area contributed by atoms with Crippen LogP contribution in [0.4, 0.5) is 0 Å². The van der Waals surface area contributed by atoms with Crippen LogP contribution in [0, 0.1) is 3.57 Å². The number of aromatic nitrogens is 1. The Balaban J connectivity index is 2.96. The first-order valence-electron chi connectivity index (χ1n) is 4.01. The van der Waals surface area contributed by atoms with Crippen molar-refractivity contribution in [3.05, 3.63) is 34.0 Å². The zero-order valence-corrected chi connectivity index (χ0v) is 10.4. The monoisotopic (exact) mass is 335 g/mol. The minimum absolute atomic E-state index is 0.154. The van der Waals surface area contributed by atoms with Gasteiger partial charge in [0, 0.05) is 15.2 Å². The van der Waals surface area contributed by atoms with Crippen molar-refractivity contribution in [2.24, 2.45) is 0 Å². The molecule has 0 aliphatic carbocycles. The van der Waals surface area contributed by atoms with E-state index in [9.17, 15) is 8.42 Å². The Kier molecular flexibility index (Phi) is 2.65. The second-order valence-electron chi connectivity index (χ2n) is 2.92. The summed E-state index contributed by atoms with van der Waals surface area (Å²) in [6, 6.07) is 6.47. The lowest BCUT2D eigenvalue weighted by Crippen LogP contribution is -2.00. The molecule has 0 fully saturated rings. The van der Waals surface area contributed by atoms with Gasteiger partial charge < -0.3 is 0 Å². The number of fused-ring (bicyclic) bond motifs is 1. The molecule has 6 heteroatoms. The van der Waals surface area contributed by atoms with Crippen LogP contribution < -0.4 is 0 Å². The predicted octanol–water partition coefficient (Wildman–Crippen LogP) is 2.09. The zero-order chi connectivity index (χ0) is 11.1. The molecule has 0 aliphatic rings. The van der Waals surface area contributed by atoms with Crippen LogP contribution in [0.5, 0.6) is 0 Å². The number of pyridine rings is 1. The highest BCUT2D eigenvalue weighted by Crippen LogP contribution is 2.24. The lowest BCUT2D eigenvalue weighted by Gasteiger charge is -2.03. The number of halogens is 1. The largest absolute Gasteiger partial charge is 0.296 e. The molecule has 0 bridgehead atoms. The van der Waals surface area contributed by atoms with Crippen molar-refractivity contribution in [3.8, 4) is 0 Å². The van der Waals surface area contributed by atoms with E-state index >= 15 is 0 Å². The molecule has 1 aromatic carbocycles. The standard InChI is InChI=1S/C9H6INO3S/c10-7-3-4-8(15(12,13)14)9-6(7)2-1-5-11-9/h1-5H,(H,12,13,14). The predicted molar refractivity (Wildman–Crippen MR) is 64.3 cm³/mol. The Bertz CT molecular complexity index is 624. The molecule has 0 aliphatic heterocycles. The van der Waals surface area contributed by atoms with Crippen LogP contribution in [-0.2, 0) is 10.1 Å². The van der Waals surface area contributed by atoms with E-state index in [1.54, 1.807) is 18.2 Å². The van der Waals surface area contributed by atoms with Gasteiger partial charge in [-0.05, 0) is 40.8 Å². The molecule has 1 aromatic heterocycles. The van der Waals surface area contributed by atoms with Crippen LogP contribution in [0.3, 0.4) is 0 Å². The summed E-state index contributed by atoms with van der Waals surface area (Å²) >= 11 is 2.09. The minimum Gasteiger partial charge on any atom is -0.282 e. The molecular formula is C9H6INO3S. The maximum Gasteiger partial charge on any atom is 0.296 e. The summed E-state index contributed by atoms with van der Waals surface area (Å²) in [7, 11) is -4.21. The average molecular weight is 335 g/mol. The molecule has 0 saturated heterocycles. The van der Waals surface area contributed by atoms with Gasteiger partial charge in [-0.3, -0.25) is 9.54 Å². The van der Waals surface area contributed by atoms with Crippen molar-refractivity contribution in [1.29, 1.82) is 0 Å². The fourth-order valence-corrected chi connectivity index (χ4v) is 2.58. The summed E-state index contributed by atoms with van der Waals surface area (Å²) in [5.74, 6) is 0. The second-order valence-corrected chi connectivity index (χ2v) is 5.47. The number of rotatable bonds is 1. The van der Waals surface area contributed by atoms with Crippen molar-refractivity contribution < 1.29 is 13.0 Å².